The quantitative estimate of drug-likeness (QED) is 0.378. The first-order valence-corrected chi connectivity index (χ1v) is 9.26. The Balaban J connectivity index is 1.67. The summed E-state index contributed by atoms with van der Waals surface area (Å²) in [5.74, 6) is -0.767. The molecule has 0 spiro atoms. The fourth-order valence-corrected chi connectivity index (χ4v) is 2.82. The van der Waals surface area contributed by atoms with Gasteiger partial charge in [0.25, 0.3) is 5.91 Å². The van der Waals surface area contributed by atoms with E-state index in [0.29, 0.717) is 17.0 Å². The minimum atomic E-state index is -1.08. The van der Waals surface area contributed by atoms with Gasteiger partial charge in [-0.1, -0.05) is 42.5 Å². The van der Waals surface area contributed by atoms with Gasteiger partial charge < -0.3 is 14.8 Å². The third-order valence-corrected chi connectivity index (χ3v) is 4.42. The summed E-state index contributed by atoms with van der Waals surface area (Å²) in [5.41, 5.74) is 0.985. The average molecular weight is 400 g/mol. The summed E-state index contributed by atoms with van der Waals surface area (Å²) < 4.78 is 10.3. The minimum Gasteiger partial charge on any atom is -0.497 e. The molecule has 0 unspecified atom stereocenters. The number of ether oxygens (including phenoxy) is 2. The number of nitrogens with one attached hydrogen (secondary N) is 1. The molecule has 0 aliphatic heterocycles. The van der Waals surface area contributed by atoms with Crippen LogP contribution >= 0.6 is 0 Å². The lowest BCUT2D eigenvalue weighted by molar-refractivity contribution is -0.148. The van der Waals surface area contributed by atoms with Crippen molar-refractivity contribution in [3.05, 3.63) is 77.9 Å². The number of hydrogen-bond acceptors (Lipinski definition) is 5. The van der Waals surface area contributed by atoms with Gasteiger partial charge in [-0.05, 0) is 53.6 Å². The largest absolute Gasteiger partial charge is 0.497 e. The summed E-state index contributed by atoms with van der Waals surface area (Å²) >= 11 is 0. The summed E-state index contributed by atoms with van der Waals surface area (Å²) in [4.78, 5) is 24.8. The number of hydrogen-bond donors (Lipinski definition) is 1. The van der Waals surface area contributed by atoms with Crippen molar-refractivity contribution in [3.8, 4) is 11.8 Å². The van der Waals surface area contributed by atoms with Gasteiger partial charge in [-0.25, -0.2) is 4.79 Å². The minimum absolute atomic E-state index is 0.214. The molecule has 3 rings (SSSR count). The lowest BCUT2D eigenvalue weighted by atomic mass is 10.1. The van der Waals surface area contributed by atoms with Crippen LogP contribution in [0.5, 0.6) is 5.75 Å². The van der Waals surface area contributed by atoms with Crippen molar-refractivity contribution < 1.29 is 19.1 Å². The second kappa shape index (κ2) is 9.39. The van der Waals surface area contributed by atoms with E-state index in [9.17, 15) is 14.9 Å². The second-order valence-corrected chi connectivity index (χ2v) is 6.55. The summed E-state index contributed by atoms with van der Waals surface area (Å²) in [6.45, 7) is 1.45. The van der Waals surface area contributed by atoms with Crippen LogP contribution in [-0.2, 0) is 14.3 Å². The fraction of sp³-hybridized carbons (Fsp3) is 0.125. The maximum absolute atomic E-state index is 12.4. The van der Waals surface area contributed by atoms with E-state index in [-0.39, 0.29) is 5.57 Å². The summed E-state index contributed by atoms with van der Waals surface area (Å²) in [6.07, 6.45) is 0.310. The SMILES string of the molecule is COc1cccc(/C=C(\C#N)C(=O)O[C@@H](C)C(=O)Nc2ccc3ccccc3c2)c1. The standard InChI is InChI=1S/C24H20N2O4/c1-16(23(27)26-21-11-10-18-7-3-4-8-19(18)14-21)30-24(28)20(15-25)12-17-6-5-9-22(13-17)29-2/h3-14,16H,1-2H3,(H,26,27)/b20-12+/t16-/m0/s1. The van der Waals surface area contributed by atoms with Gasteiger partial charge >= 0.3 is 5.97 Å². The van der Waals surface area contributed by atoms with Crippen LogP contribution in [0.15, 0.2) is 72.3 Å². The number of anilines is 1. The molecule has 0 saturated carbocycles. The predicted octanol–water partition coefficient (Wildman–Crippen LogP) is 4.33. The summed E-state index contributed by atoms with van der Waals surface area (Å²) in [7, 11) is 1.53. The Hall–Kier alpha value is -4.11. The normalized spacial score (nSPS) is 12.0. The maximum atomic E-state index is 12.4. The zero-order valence-corrected chi connectivity index (χ0v) is 16.6. The molecule has 0 bridgehead atoms. The van der Waals surface area contributed by atoms with E-state index in [0.717, 1.165) is 10.8 Å². The first kappa shape index (κ1) is 20.6. The number of nitrogens with zero attached hydrogens (tertiary/aromatic N) is 1. The van der Waals surface area contributed by atoms with Gasteiger partial charge in [0.15, 0.2) is 6.10 Å². The number of amides is 1. The Kier molecular flexibility index (Phi) is 6.46. The van der Waals surface area contributed by atoms with Crippen molar-refractivity contribution in [3.63, 3.8) is 0 Å². The van der Waals surface area contributed by atoms with Crippen molar-refractivity contribution >= 4 is 34.4 Å². The van der Waals surface area contributed by atoms with Crippen molar-refractivity contribution in [1.29, 1.82) is 5.26 Å². The van der Waals surface area contributed by atoms with Crippen LogP contribution in [0.25, 0.3) is 16.8 Å². The molecular weight excluding hydrogens is 380 g/mol. The smallest absolute Gasteiger partial charge is 0.349 e. The highest BCUT2D eigenvalue weighted by Gasteiger charge is 2.21. The van der Waals surface area contributed by atoms with Crippen LogP contribution in [0.3, 0.4) is 0 Å². The third-order valence-electron chi connectivity index (χ3n) is 4.42. The molecule has 0 heterocycles. The van der Waals surface area contributed by atoms with Crippen molar-refractivity contribution in [2.24, 2.45) is 0 Å². The van der Waals surface area contributed by atoms with Crippen molar-refractivity contribution in [2.45, 2.75) is 13.0 Å². The van der Waals surface area contributed by atoms with E-state index in [2.05, 4.69) is 5.32 Å². The number of esters is 1. The molecular formula is C24H20N2O4. The molecule has 0 aliphatic carbocycles. The number of benzene rings is 3. The zero-order chi connectivity index (χ0) is 21.5. The van der Waals surface area contributed by atoms with Gasteiger partial charge in [0.1, 0.15) is 17.4 Å². The highest BCUT2D eigenvalue weighted by atomic mass is 16.5. The van der Waals surface area contributed by atoms with Crippen LogP contribution < -0.4 is 10.1 Å². The molecule has 1 amide bonds. The van der Waals surface area contributed by atoms with E-state index in [1.54, 1.807) is 30.3 Å². The van der Waals surface area contributed by atoms with Crippen LogP contribution in [-0.4, -0.2) is 25.1 Å². The van der Waals surface area contributed by atoms with Crippen LogP contribution in [0.4, 0.5) is 5.69 Å². The topological polar surface area (TPSA) is 88.4 Å². The average Bonchev–Trinajstić information content (AvgIpc) is 2.77. The molecule has 6 heteroatoms. The van der Waals surface area contributed by atoms with Crippen molar-refractivity contribution in [1.82, 2.24) is 0 Å². The van der Waals surface area contributed by atoms with Gasteiger partial charge in [-0.15, -0.1) is 0 Å². The van der Waals surface area contributed by atoms with Gasteiger partial charge in [-0.3, -0.25) is 4.79 Å². The Labute approximate surface area is 174 Å². The van der Waals surface area contributed by atoms with Gasteiger partial charge in [0.2, 0.25) is 0 Å². The lowest BCUT2D eigenvalue weighted by Gasteiger charge is -2.13. The van der Waals surface area contributed by atoms with E-state index in [1.807, 2.05) is 42.5 Å². The van der Waals surface area contributed by atoms with E-state index in [1.165, 1.54) is 20.1 Å². The summed E-state index contributed by atoms with van der Waals surface area (Å²) in [5, 5.41) is 14.1. The molecule has 0 radical (unpaired) electrons. The van der Waals surface area contributed by atoms with Crippen LogP contribution in [0.2, 0.25) is 0 Å². The molecule has 3 aromatic carbocycles. The van der Waals surface area contributed by atoms with Crippen LogP contribution in [0.1, 0.15) is 12.5 Å². The van der Waals surface area contributed by atoms with Gasteiger partial charge in [0.05, 0.1) is 7.11 Å². The lowest BCUT2D eigenvalue weighted by Crippen LogP contribution is -2.30. The Morgan fingerprint density at radius 1 is 1.03 bits per heavy atom. The molecule has 0 fully saturated rings. The number of fused-ring (bicyclic) bond motifs is 1. The first-order valence-electron chi connectivity index (χ1n) is 9.26. The third kappa shape index (κ3) is 5.03. The molecule has 1 atom stereocenters. The molecule has 1 N–H and O–H groups in total. The number of carbonyl (C=O) groups is 2. The van der Waals surface area contributed by atoms with E-state index in [4.69, 9.17) is 9.47 Å². The molecule has 0 aromatic heterocycles. The van der Waals surface area contributed by atoms with Gasteiger partial charge in [-0.2, -0.15) is 5.26 Å². The molecule has 0 saturated heterocycles. The monoisotopic (exact) mass is 400 g/mol. The summed E-state index contributed by atoms with van der Waals surface area (Å²) in [6, 6.07) is 22.0. The number of rotatable bonds is 6. The molecule has 150 valence electrons. The van der Waals surface area contributed by atoms with Crippen LogP contribution in [0, 0.1) is 11.3 Å². The van der Waals surface area contributed by atoms with Gasteiger partial charge in [0, 0.05) is 5.69 Å². The fourth-order valence-electron chi connectivity index (χ4n) is 2.82. The second-order valence-electron chi connectivity index (χ2n) is 6.55. The molecule has 6 nitrogen and oxygen atoms in total. The zero-order valence-electron chi connectivity index (χ0n) is 16.6. The number of carbonyl (C=O) groups excluding carboxylic acids is 2. The van der Waals surface area contributed by atoms with E-state index >= 15 is 0 Å². The van der Waals surface area contributed by atoms with Crippen molar-refractivity contribution in [2.75, 3.05) is 12.4 Å². The first-order chi connectivity index (χ1) is 14.5. The number of methoxy groups -OCH3 is 1. The van der Waals surface area contributed by atoms with E-state index < -0.39 is 18.0 Å². The Morgan fingerprint density at radius 3 is 2.53 bits per heavy atom. The number of nitriles is 1. The maximum Gasteiger partial charge on any atom is 0.349 e. The highest BCUT2D eigenvalue weighted by Crippen LogP contribution is 2.19. The molecule has 3 aromatic rings. The Bertz CT molecular complexity index is 1160. The molecule has 30 heavy (non-hydrogen) atoms. The molecule has 0 aliphatic rings. The highest BCUT2D eigenvalue weighted by molar-refractivity contribution is 6.01. The predicted molar refractivity (Wildman–Crippen MR) is 115 cm³/mol. The Morgan fingerprint density at radius 2 is 1.80 bits per heavy atom.